The van der Waals surface area contributed by atoms with Gasteiger partial charge in [-0.25, -0.2) is 4.98 Å². The lowest BCUT2D eigenvalue weighted by Crippen LogP contribution is -3.13. The lowest BCUT2D eigenvalue weighted by Gasteiger charge is -2.33. The minimum atomic E-state index is 0.111. The summed E-state index contributed by atoms with van der Waals surface area (Å²) in [6.07, 6.45) is 0. The molecule has 0 radical (unpaired) electrons. The van der Waals surface area contributed by atoms with E-state index in [0.717, 1.165) is 60.5 Å². The van der Waals surface area contributed by atoms with Crippen LogP contribution in [0.15, 0.2) is 53.9 Å². The number of hydrogen-bond donors (Lipinski definition) is 2. The van der Waals surface area contributed by atoms with Gasteiger partial charge in [-0.15, -0.1) is 11.3 Å². The number of rotatable bonds is 7. The second-order valence-electron chi connectivity index (χ2n) is 7.51. The quantitative estimate of drug-likeness (QED) is 0.572. The van der Waals surface area contributed by atoms with Crippen molar-refractivity contribution in [3.8, 4) is 5.75 Å². The average molecular weight is 424 g/mol. The Balaban J connectivity index is 1.28. The van der Waals surface area contributed by atoms with Crippen LogP contribution >= 0.6 is 11.3 Å². The molecule has 0 saturated carbocycles. The largest absolute Gasteiger partial charge is 0.497 e. The summed E-state index contributed by atoms with van der Waals surface area (Å²) in [4.78, 5) is 20.1. The Labute approximate surface area is 181 Å². The Morgan fingerprint density at radius 1 is 1.13 bits per heavy atom. The smallest absolute Gasteiger partial charge is 0.187 e. The molecule has 0 spiro atoms. The first-order valence-electron chi connectivity index (χ1n) is 10.2. The Bertz CT molecular complexity index is 977. The lowest BCUT2D eigenvalue weighted by atomic mass is 10.1. The lowest BCUT2D eigenvalue weighted by molar-refractivity contribution is -0.914. The summed E-state index contributed by atoms with van der Waals surface area (Å²) in [6.45, 7) is 6.72. The fourth-order valence-corrected chi connectivity index (χ4v) is 4.39. The van der Waals surface area contributed by atoms with Crippen LogP contribution in [0.3, 0.4) is 0 Å². The van der Waals surface area contributed by atoms with Crippen LogP contribution < -0.4 is 19.9 Å². The third-order valence-electron chi connectivity index (χ3n) is 5.43. The third-order valence-corrected chi connectivity index (χ3v) is 6.24. The van der Waals surface area contributed by atoms with Crippen LogP contribution in [0.2, 0.25) is 0 Å². The van der Waals surface area contributed by atoms with Gasteiger partial charge in [-0.05, 0) is 55.5 Å². The second-order valence-corrected chi connectivity index (χ2v) is 8.37. The zero-order valence-corrected chi connectivity index (χ0v) is 18.2. The molecule has 0 amide bonds. The number of nitrogens with zero attached hydrogens (tertiary/aromatic N) is 2. The molecule has 2 aromatic carbocycles. The predicted molar refractivity (Wildman–Crippen MR) is 121 cm³/mol. The number of nitrogens with one attached hydrogen (secondary N) is 2. The topological polar surface area (TPSA) is 58.9 Å². The standard InChI is InChI=1S/C23H26N4O2S/c1-17(28)18-3-7-21(8-4-18)27-13-11-26(12-14-27)15-20-16-30-23(25-20)24-19-5-9-22(29-2)10-6-19/h3-10,16H,11-15H2,1-2H3,(H,24,25)/p+1. The van der Waals surface area contributed by atoms with Crippen molar-refractivity contribution in [2.75, 3.05) is 43.5 Å². The highest BCUT2D eigenvalue weighted by Crippen LogP contribution is 2.22. The number of anilines is 3. The Hall–Kier alpha value is -2.90. The van der Waals surface area contributed by atoms with E-state index >= 15 is 0 Å². The highest BCUT2D eigenvalue weighted by Gasteiger charge is 2.21. The van der Waals surface area contributed by atoms with Crippen molar-refractivity contribution in [1.82, 2.24) is 4.98 Å². The van der Waals surface area contributed by atoms with Gasteiger partial charge < -0.3 is 19.9 Å². The van der Waals surface area contributed by atoms with E-state index < -0.39 is 0 Å². The molecule has 30 heavy (non-hydrogen) atoms. The minimum absolute atomic E-state index is 0.111. The fraction of sp³-hybridized carbons (Fsp3) is 0.304. The summed E-state index contributed by atoms with van der Waals surface area (Å²) in [5, 5.41) is 6.42. The van der Waals surface area contributed by atoms with Crippen molar-refractivity contribution < 1.29 is 14.4 Å². The molecule has 0 atom stereocenters. The number of ketones is 1. The number of Topliss-reactive ketones (excluding diaryl/α,β-unsaturated/α-hetero) is 1. The van der Waals surface area contributed by atoms with Crippen molar-refractivity contribution in [1.29, 1.82) is 0 Å². The SMILES string of the molecule is COc1ccc(Nc2nc(C[NH+]3CCN(c4ccc(C(C)=O)cc4)CC3)cs2)cc1. The third kappa shape index (κ3) is 4.98. The Kier molecular flexibility index (Phi) is 6.30. The highest BCUT2D eigenvalue weighted by atomic mass is 32.1. The van der Waals surface area contributed by atoms with Crippen molar-refractivity contribution in [2.24, 2.45) is 0 Å². The van der Waals surface area contributed by atoms with Crippen molar-refractivity contribution in [3.63, 3.8) is 0 Å². The van der Waals surface area contributed by atoms with Gasteiger partial charge >= 0.3 is 0 Å². The van der Waals surface area contributed by atoms with Gasteiger partial charge in [-0.1, -0.05) is 0 Å². The summed E-state index contributed by atoms with van der Waals surface area (Å²) in [6, 6.07) is 15.8. The molecule has 4 rings (SSSR count). The number of aromatic nitrogens is 1. The fourth-order valence-electron chi connectivity index (χ4n) is 3.66. The molecule has 1 aliphatic rings. The van der Waals surface area contributed by atoms with Gasteiger partial charge in [0.05, 0.1) is 33.3 Å². The molecule has 0 unspecified atom stereocenters. The molecule has 156 valence electrons. The predicted octanol–water partition coefficient (Wildman–Crippen LogP) is 3.00. The van der Waals surface area contributed by atoms with Crippen LogP contribution in [0, 0.1) is 0 Å². The summed E-state index contributed by atoms with van der Waals surface area (Å²) >= 11 is 1.64. The number of thiazole rings is 1. The normalized spacial score (nSPS) is 14.5. The number of methoxy groups -OCH3 is 1. The summed E-state index contributed by atoms with van der Waals surface area (Å²) < 4.78 is 5.20. The molecule has 3 aromatic rings. The molecule has 7 heteroatoms. The number of benzene rings is 2. The molecule has 2 N–H and O–H groups in total. The first-order valence-corrected chi connectivity index (χ1v) is 11.0. The van der Waals surface area contributed by atoms with Crippen molar-refractivity contribution >= 4 is 33.6 Å². The van der Waals surface area contributed by atoms with E-state index in [1.807, 2.05) is 36.4 Å². The molecule has 1 fully saturated rings. The number of piperazine rings is 1. The van der Waals surface area contributed by atoms with E-state index in [4.69, 9.17) is 9.72 Å². The van der Waals surface area contributed by atoms with Gasteiger partial charge in [0.15, 0.2) is 10.9 Å². The Morgan fingerprint density at radius 2 is 1.83 bits per heavy atom. The molecule has 1 saturated heterocycles. The van der Waals surface area contributed by atoms with Crippen molar-refractivity contribution in [2.45, 2.75) is 13.5 Å². The highest BCUT2D eigenvalue weighted by molar-refractivity contribution is 7.13. The molecule has 6 nitrogen and oxygen atoms in total. The van der Waals surface area contributed by atoms with Gasteiger partial charge in [0, 0.05) is 22.3 Å². The minimum Gasteiger partial charge on any atom is -0.497 e. The van der Waals surface area contributed by atoms with Crippen LogP contribution in [0.25, 0.3) is 0 Å². The van der Waals surface area contributed by atoms with Gasteiger partial charge in [0.25, 0.3) is 0 Å². The monoisotopic (exact) mass is 423 g/mol. The van der Waals surface area contributed by atoms with E-state index in [2.05, 4.69) is 27.7 Å². The zero-order valence-electron chi connectivity index (χ0n) is 17.4. The number of quaternary nitrogens is 1. The maximum atomic E-state index is 11.4. The van der Waals surface area contributed by atoms with Crippen molar-refractivity contribution in [3.05, 3.63) is 65.2 Å². The van der Waals surface area contributed by atoms with E-state index in [9.17, 15) is 4.79 Å². The Morgan fingerprint density at radius 3 is 2.47 bits per heavy atom. The van der Waals surface area contributed by atoms with Crippen LogP contribution in [0.1, 0.15) is 23.0 Å². The van der Waals surface area contributed by atoms with Crippen LogP contribution in [-0.2, 0) is 6.54 Å². The van der Waals surface area contributed by atoms with Crippen LogP contribution in [-0.4, -0.2) is 44.1 Å². The molecule has 1 aromatic heterocycles. The maximum Gasteiger partial charge on any atom is 0.187 e. The summed E-state index contributed by atoms with van der Waals surface area (Å²) in [5.41, 5.74) is 4.10. The number of carbonyl (C=O) groups is 1. The molecule has 2 heterocycles. The van der Waals surface area contributed by atoms with Gasteiger partial charge in [0.1, 0.15) is 18.0 Å². The number of carbonyl (C=O) groups excluding carboxylic acids is 1. The molecule has 1 aliphatic heterocycles. The van der Waals surface area contributed by atoms with Gasteiger partial charge in [-0.2, -0.15) is 0 Å². The maximum absolute atomic E-state index is 11.4. The molecule has 0 bridgehead atoms. The van der Waals surface area contributed by atoms with E-state index in [-0.39, 0.29) is 5.78 Å². The molecular formula is C23H27N4O2S+. The summed E-state index contributed by atoms with van der Waals surface area (Å²) in [5.74, 6) is 0.956. The first kappa shape index (κ1) is 20.4. The van der Waals surface area contributed by atoms with E-state index in [0.29, 0.717) is 0 Å². The van der Waals surface area contributed by atoms with Crippen LogP contribution in [0.4, 0.5) is 16.5 Å². The molecule has 0 aliphatic carbocycles. The second kappa shape index (κ2) is 9.28. The zero-order chi connectivity index (χ0) is 20.9. The van der Waals surface area contributed by atoms with E-state index in [1.54, 1.807) is 30.3 Å². The first-order chi connectivity index (χ1) is 14.6. The van der Waals surface area contributed by atoms with Crippen LogP contribution in [0.5, 0.6) is 5.75 Å². The van der Waals surface area contributed by atoms with E-state index in [1.165, 1.54) is 5.69 Å². The average Bonchev–Trinajstić information content (AvgIpc) is 3.21. The summed E-state index contributed by atoms with van der Waals surface area (Å²) in [7, 11) is 1.67. The number of hydrogen-bond acceptors (Lipinski definition) is 6. The van der Waals surface area contributed by atoms with Gasteiger partial charge in [-0.3, -0.25) is 4.79 Å². The van der Waals surface area contributed by atoms with Gasteiger partial charge in [0.2, 0.25) is 0 Å². The number of ether oxygens (including phenoxy) is 1. The molecular weight excluding hydrogens is 396 g/mol.